The van der Waals surface area contributed by atoms with Crippen molar-refractivity contribution >= 4 is 34.4 Å². The summed E-state index contributed by atoms with van der Waals surface area (Å²) < 4.78 is 0. The minimum atomic E-state index is -1.01. The lowest BCUT2D eigenvalue weighted by atomic mass is 10.0. The highest BCUT2D eigenvalue weighted by Crippen LogP contribution is 2.31. The molecule has 0 aliphatic carbocycles. The maximum atomic E-state index is 12.0. The van der Waals surface area contributed by atoms with Gasteiger partial charge in [-0.05, 0) is 53.6 Å². The van der Waals surface area contributed by atoms with Crippen LogP contribution in [0.15, 0.2) is 72.9 Å². The van der Waals surface area contributed by atoms with Crippen molar-refractivity contribution in [1.29, 1.82) is 0 Å². The number of halogens is 1. The molecule has 0 saturated heterocycles. The van der Waals surface area contributed by atoms with Crippen molar-refractivity contribution in [3.05, 3.63) is 83.5 Å². The van der Waals surface area contributed by atoms with Crippen molar-refractivity contribution in [2.75, 3.05) is 5.32 Å². The number of hydrogen-bond donors (Lipinski definition) is 3. The molecular formula is C23H18ClN3O3. The fraction of sp³-hybridized carbons (Fsp3) is 0.0870. The van der Waals surface area contributed by atoms with Gasteiger partial charge in [-0.1, -0.05) is 35.9 Å². The van der Waals surface area contributed by atoms with E-state index in [-0.39, 0.29) is 12.2 Å². The maximum Gasteiger partial charge on any atom is 0.326 e. The van der Waals surface area contributed by atoms with Gasteiger partial charge in [-0.3, -0.25) is 0 Å². The number of fused-ring (bicyclic) bond motifs is 1. The van der Waals surface area contributed by atoms with Gasteiger partial charge in [0.25, 0.3) is 0 Å². The van der Waals surface area contributed by atoms with Crippen LogP contribution in [0.1, 0.15) is 5.56 Å². The van der Waals surface area contributed by atoms with Crippen LogP contribution in [0.25, 0.3) is 22.2 Å². The molecule has 0 radical (unpaired) electrons. The minimum absolute atomic E-state index is 0.130. The number of carboxylic acids is 1. The zero-order chi connectivity index (χ0) is 21.1. The highest BCUT2D eigenvalue weighted by molar-refractivity contribution is 6.30. The van der Waals surface area contributed by atoms with E-state index in [0.717, 1.165) is 22.1 Å². The number of aromatic hydroxyl groups is 1. The highest BCUT2D eigenvalue weighted by atomic mass is 35.5. The molecule has 0 saturated carbocycles. The van der Waals surface area contributed by atoms with Crippen LogP contribution in [0.2, 0.25) is 5.02 Å². The van der Waals surface area contributed by atoms with Gasteiger partial charge < -0.3 is 15.5 Å². The lowest BCUT2D eigenvalue weighted by molar-refractivity contribution is -0.137. The van der Waals surface area contributed by atoms with E-state index in [2.05, 4.69) is 15.3 Å². The fourth-order valence-corrected chi connectivity index (χ4v) is 3.32. The first-order valence-corrected chi connectivity index (χ1v) is 9.66. The fourth-order valence-electron chi connectivity index (χ4n) is 3.20. The Labute approximate surface area is 177 Å². The molecule has 0 aliphatic rings. The third-order valence-electron chi connectivity index (χ3n) is 4.73. The highest BCUT2D eigenvalue weighted by Gasteiger charge is 2.21. The Morgan fingerprint density at radius 1 is 1.07 bits per heavy atom. The Hall–Kier alpha value is -3.64. The van der Waals surface area contributed by atoms with Crippen LogP contribution >= 0.6 is 11.6 Å². The molecule has 0 bridgehead atoms. The smallest absolute Gasteiger partial charge is 0.326 e. The molecule has 0 fully saturated rings. The normalized spacial score (nSPS) is 11.9. The van der Waals surface area contributed by atoms with Crippen LogP contribution in [0.4, 0.5) is 5.82 Å². The molecule has 2 aromatic carbocycles. The lowest BCUT2D eigenvalue weighted by Gasteiger charge is -2.18. The van der Waals surface area contributed by atoms with Gasteiger partial charge in [-0.15, -0.1) is 0 Å². The molecule has 1 atom stereocenters. The molecule has 4 aromatic rings. The van der Waals surface area contributed by atoms with E-state index in [4.69, 9.17) is 11.6 Å². The zero-order valence-electron chi connectivity index (χ0n) is 15.8. The van der Waals surface area contributed by atoms with Crippen LogP contribution in [0.3, 0.4) is 0 Å². The van der Waals surface area contributed by atoms with Crippen molar-refractivity contribution in [2.24, 2.45) is 0 Å². The van der Waals surface area contributed by atoms with Crippen LogP contribution < -0.4 is 5.32 Å². The first kappa shape index (κ1) is 19.7. The van der Waals surface area contributed by atoms with Gasteiger partial charge in [0.15, 0.2) is 5.65 Å². The molecule has 30 heavy (non-hydrogen) atoms. The number of pyridine rings is 2. The van der Waals surface area contributed by atoms with Gasteiger partial charge >= 0.3 is 5.97 Å². The van der Waals surface area contributed by atoms with E-state index in [1.54, 1.807) is 30.5 Å². The van der Waals surface area contributed by atoms with E-state index in [0.29, 0.717) is 16.5 Å². The molecule has 0 spiro atoms. The summed E-state index contributed by atoms with van der Waals surface area (Å²) in [5, 5.41) is 23.8. The topological polar surface area (TPSA) is 95.3 Å². The number of phenolic OH excluding ortho intramolecular Hbond substituents is 1. The number of rotatable bonds is 6. The second kappa shape index (κ2) is 8.39. The molecular weight excluding hydrogens is 402 g/mol. The number of nitrogens with zero attached hydrogens (tertiary/aromatic N) is 2. The van der Waals surface area contributed by atoms with Crippen molar-refractivity contribution < 1.29 is 15.0 Å². The summed E-state index contributed by atoms with van der Waals surface area (Å²) in [6.45, 7) is 0. The SMILES string of the molecule is O=C(O)C(Cc1ccc(O)cc1)Nc1nc2ncccc2cc1-c1ccc(Cl)cc1. The summed E-state index contributed by atoms with van der Waals surface area (Å²) in [6, 6.07) is 18.5. The number of aromatic nitrogens is 2. The molecule has 2 heterocycles. The van der Waals surface area contributed by atoms with E-state index < -0.39 is 12.0 Å². The van der Waals surface area contributed by atoms with Crippen molar-refractivity contribution in [3.8, 4) is 16.9 Å². The standard InChI is InChI=1S/C23H18ClN3O3/c24-17-7-5-15(6-8-17)19-13-16-2-1-11-25-21(16)27-22(19)26-20(23(29)30)12-14-3-9-18(28)10-4-14/h1-11,13,20,28H,12H2,(H,29,30)(H,25,26,27). The minimum Gasteiger partial charge on any atom is -0.508 e. The summed E-state index contributed by atoms with van der Waals surface area (Å²) in [4.78, 5) is 20.8. The number of nitrogens with one attached hydrogen (secondary N) is 1. The lowest BCUT2D eigenvalue weighted by Crippen LogP contribution is -2.32. The number of benzene rings is 2. The molecule has 2 aromatic heterocycles. The second-order valence-electron chi connectivity index (χ2n) is 6.85. The number of phenols is 1. The molecule has 150 valence electrons. The van der Waals surface area contributed by atoms with Crippen LogP contribution in [0.5, 0.6) is 5.75 Å². The van der Waals surface area contributed by atoms with Crippen LogP contribution in [-0.2, 0) is 11.2 Å². The predicted molar refractivity (Wildman–Crippen MR) is 117 cm³/mol. The largest absolute Gasteiger partial charge is 0.508 e. The number of carbonyl (C=O) groups is 1. The third-order valence-corrected chi connectivity index (χ3v) is 4.98. The monoisotopic (exact) mass is 419 g/mol. The van der Waals surface area contributed by atoms with Crippen LogP contribution in [0, 0.1) is 0 Å². The van der Waals surface area contributed by atoms with E-state index in [1.807, 2.05) is 30.3 Å². The first-order valence-electron chi connectivity index (χ1n) is 9.28. The molecule has 6 nitrogen and oxygen atoms in total. The third kappa shape index (κ3) is 4.34. The average Bonchev–Trinajstić information content (AvgIpc) is 2.75. The first-order chi connectivity index (χ1) is 14.5. The Morgan fingerprint density at radius 2 is 1.80 bits per heavy atom. The molecule has 0 amide bonds. The average molecular weight is 420 g/mol. The summed E-state index contributed by atoms with van der Waals surface area (Å²) in [5.41, 5.74) is 2.91. The Balaban J connectivity index is 1.75. The zero-order valence-corrected chi connectivity index (χ0v) is 16.5. The number of anilines is 1. The van der Waals surface area contributed by atoms with Gasteiger partial charge in [0.1, 0.15) is 17.6 Å². The number of carboxylic acid groups (broad SMARTS) is 1. The van der Waals surface area contributed by atoms with Gasteiger partial charge in [0, 0.05) is 28.6 Å². The van der Waals surface area contributed by atoms with E-state index >= 15 is 0 Å². The van der Waals surface area contributed by atoms with Gasteiger partial charge in [-0.2, -0.15) is 0 Å². The summed E-state index contributed by atoms with van der Waals surface area (Å²) in [5.74, 6) is -0.450. The molecule has 4 rings (SSSR count). The van der Waals surface area contributed by atoms with Crippen molar-refractivity contribution in [3.63, 3.8) is 0 Å². The number of hydrogen-bond acceptors (Lipinski definition) is 5. The molecule has 3 N–H and O–H groups in total. The Kier molecular flexibility index (Phi) is 5.50. The van der Waals surface area contributed by atoms with Crippen LogP contribution in [-0.4, -0.2) is 32.2 Å². The quantitative estimate of drug-likeness (QED) is 0.417. The second-order valence-corrected chi connectivity index (χ2v) is 7.28. The molecule has 0 aliphatic heterocycles. The summed E-state index contributed by atoms with van der Waals surface area (Å²) in [7, 11) is 0. The van der Waals surface area contributed by atoms with Crippen molar-refractivity contribution in [1.82, 2.24) is 9.97 Å². The number of aliphatic carboxylic acids is 1. The van der Waals surface area contributed by atoms with E-state index in [1.165, 1.54) is 12.1 Å². The van der Waals surface area contributed by atoms with Gasteiger partial charge in [-0.25, -0.2) is 14.8 Å². The van der Waals surface area contributed by atoms with Gasteiger partial charge in [0.2, 0.25) is 0 Å². The maximum absolute atomic E-state index is 12.0. The Bertz CT molecular complexity index is 1190. The molecule has 1 unspecified atom stereocenters. The molecule has 7 heteroatoms. The predicted octanol–water partition coefficient (Wildman–Crippen LogP) is 4.76. The summed E-state index contributed by atoms with van der Waals surface area (Å²) >= 11 is 6.02. The van der Waals surface area contributed by atoms with Gasteiger partial charge in [0.05, 0.1) is 0 Å². The summed E-state index contributed by atoms with van der Waals surface area (Å²) in [6.07, 6.45) is 1.86. The van der Waals surface area contributed by atoms with E-state index in [9.17, 15) is 15.0 Å². The Morgan fingerprint density at radius 3 is 2.50 bits per heavy atom. The van der Waals surface area contributed by atoms with Crippen molar-refractivity contribution in [2.45, 2.75) is 12.5 Å².